The van der Waals surface area contributed by atoms with Crippen LogP contribution in [0.15, 0.2) is 36.7 Å². The Labute approximate surface area is 142 Å². The number of carbonyl (C=O) groups is 1. The van der Waals surface area contributed by atoms with Crippen LogP contribution in [0.1, 0.15) is 21.6 Å². The summed E-state index contributed by atoms with van der Waals surface area (Å²) >= 11 is 0. The van der Waals surface area contributed by atoms with Crippen LogP contribution in [0, 0.1) is 6.92 Å². The van der Waals surface area contributed by atoms with Crippen molar-refractivity contribution in [2.24, 2.45) is 0 Å². The molecule has 0 saturated carbocycles. The topological polar surface area (TPSA) is 61.4 Å². The van der Waals surface area contributed by atoms with E-state index in [4.69, 9.17) is 0 Å². The van der Waals surface area contributed by atoms with E-state index in [-0.39, 0.29) is 5.91 Å². The number of likely N-dealkylation sites (N-methyl/N-ethyl adjacent to an activating group) is 1. The molecule has 2 heterocycles. The van der Waals surface area contributed by atoms with Crippen LogP contribution in [0.3, 0.4) is 0 Å². The van der Waals surface area contributed by atoms with E-state index >= 15 is 0 Å². The molecule has 0 unspecified atom stereocenters. The molecule has 0 spiro atoms. The highest BCUT2D eigenvalue weighted by molar-refractivity contribution is 5.92. The zero-order valence-electron chi connectivity index (χ0n) is 14.2. The van der Waals surface area contributed by atoms with E-state index in [1.165, 1.54) is 11.9 Å². The van der Waals surface area contributed by atoms with Crippen molar-refractivity contribution in [3.05, 3.63) is 53.5 Å². The number of anilines is 1. The molecule has 0 atom stereocenters. The lowest BCUT2D eigenvalue weighted by atomic mass is 10.1. The molecule has 0 aliphatic carbocycles. The molecule has 126 valence electrons. The Morgan fingerprint density at radius 1 is 1.17 bits per heavy atom. The van der Waals surface area contributed by atoms with Gasteiger partial charge in [0.1, 0.15) is 17.8 Å². The molecular formula is C18H23N5O. The molecule has 1 saturated heterocycles. The minimum atomic E-state index is -0.172. The van der Waals surface area contributed by atoms with Crippen LogP contribution in [-0.2, 0) is 6.54 Å². The van der Waals surface area contributed by atoms with Crippen LogP contribution in [0.2, 0.25) is 0 Å². The zero-order chi connectivity index (χ0) is 16.9. The normalized spacial score (nSPS) is 15.3. The minimum absolute atomic E-state index is 0.172. The number of carbonyl (C=O) groups excluding carboxylic acids is 1. The molecule has 1 aromatic heterocycles. The predicted octanol–water partition coefficient (Wildman–Crippen LogP) is 1.47. The first kappa shape index (κ1) is 16.4. The van der Waals surface area contributed by atoms with Crippen molar-refractivity contribution in [2.75, 3.05) is 38.1 Å². The van der Waals surface area contributed by atoms with Gasteiger partial charge >= 0.3 is 0 Å². The summed E-state index contributed by atoms with van der Waals surface area (Å²) in [4.78, 5) is 25.3. The molecule has 2 aromatic rings. The highest BCUT2D eigenvalue weighted by Crippen LogP contribution is 2.13. The van der Waals surface area contributed by atoms with Crippen LogP contribution >= 0.6 is 0 Å². The fraction of sp³-hybridized carbons (Fsp3) is 0.389. The number of amides is 1. The van der Waals surface area contributed by atoms with Crippen LogP contribution in [0.4, 0.5) is 5.82 Å². The van der Waals surface area contributed by atoms with E-state index in [9.17, 15) is 4.79 Å². The average molecular weight is 325 g/mol. The Bertz CT molecular complexity index is 710. The van der Waals surface area contributed by atoms with Crippen molar-refractivity contribution in [3.63, 3.8) is 0 Å². The third-order valence-corrected chi connectivity index (χ3v) is 4.25. The first-order valence-corrected chi connectivity index (χ1v) is 8.21. The molecule has 1 amide bonds. The van der Waals surface area contributed by atoms with Crippen molar-refractivity contribution in [1.29, 1.82) is 0 Å². The number of piperazine rings is 1. The van der Waals surface area contributed by atoms with Gasteiger partial charge in [-0.05, 0) is 19.5 Å². The van der Waals surface area contributed by atoms with E-state index in [0.717, 1.165) is 37.6 Å². The van der Waals surface area contributed by atoms with Gasteiger partial charge in [0, 0.05) is 38.8 Å². The maximum absolute atomic E-state index is 12.4. The molecule has 1 fully saturated rings. The van der Waals surface area contributed by atoms with Gasteiger partial charge in [-0.15, -0.1) is 0 Å². The largest absolute Gasteiger partial charge is 0.354 e. The number of benzene rings is 1. The Morgan fingerprint density at radius 2 is 1.96 bits per heavy atom. The summed E-state index contributed by atoms with van der Waals surface area (Å²) in [7, 11) is 2.11. The Hall–Kier alpha value is -2.47. The highest BCUT2D eigenvalue weighted by Gasteiger charge is 2.17. The van der Waals surface area contributed by atoms with E-state index < -0.39 is 0 Å². The number of hydrogen-bond donors (Lipinski definition) is 1. The second kappa shape index (κ2) is 7.40. The van der Waals surface area contributed by atoms with Gasteiger partial charge < -0.3 is 15.1 Å². The lowest BCUT2D eigenvalue weighted by molar-refractivity contribution is 0.0945. The minimum Gasteiger partial charge on any atom is -0.354 e. The Balaban J connectivity index is 1.63. The first-order chi connectivity index (χ1) is 11.6. The maximum atomic E-state index is 12.4. The summed E-state index contributed by atoms with van der Waals surface area (Å²) < 4.78 is 0. The molecule has 0 radical (unpaired) electrons. The van der Waals surface area contributed by atoms with E-state index in [2.05, 4.69) is 38.2 Å². The molecule has 1 aliphatic rings. The number of aromatic nitrogens is 2. The lowest BCUT2D eigenvalue weighted by Gasteiger charge is -2.33. The smallest absolute Gasteiger partial charge is 0.270 e. The summed E-state index contributed by atoms with van der Waals surface area (Å²) in [6.45, 7) is 6.36. The monoisotopic (exact) mass is 325 g/mol. The second-order valence-electron chi connectivity index (χ2n) is 6.22. The molecule has 6 nitrogen and oxygen atoms in total. The summed E-state index contributed by atoms with van der Waals surface area (Å²) in [5.74, 6) is 0.646. The summed E-state index contributed by atoms with van der Waals surface area (Å²) in [5.41, 5.74) is 2.67. The molecular weight excluding hydrogens is 302 g/mol. The number of aryl methyl sites for hydroxylation is 1. The number of hydrogen-bond acceptors (Lipinski definition) is 5. The number of nitrogens with one attached hydrogen (secondary N) is 1. The first-order valence-electron chi connectivity index (χ1n) is 8.21. The van der Waals surface area contributed by atoms with Gasteiger partial charge in [0.2, 0.25) is 0 Å². The molecule has 1 aliphatic heterocycles. The maximum Gasteiger partial charge on any atom is 0.270 e. The molecule has 3 rings (SSSR count). The molecule has 0 bridgehead atoms. The van der Waals surface area contributed by atoms with Crippen LogP contribution in [0.5, 0.6) is 0 Å². The van der Waals surface area contributed by atoms with Crippen LogP contribution < -0.4 is 10.2 Å². The quantitative estimate of drug-likeness (QED) is 0.922. The predicted molar refractivity (Wildman–Crippen MR) is 94.1 cm³/mol. The van der Waals surface area contributed by atoms with Gasteiger partial charge in [-0.3, -0.25) is 4.79 Å². The van der Waals surface area contributed by atoms with Crippen molar-refractivity contribution in [3.8, 4) is 0 Å². The fourth-order valence-electron chi connectivity index (χ4n) is 2.77. The van der Waals surface area contributed by atoms with Gasteiger partial charge in [0.15, 0.2) is 0 Å². The lowest BCUT2D eigenvalue weighted by Crippen LogP contribution is -2.44. The standard InChI is InChI=1S/C18H23N5O/c1-14-4-3-5-15(10-14)12-19-18(24)16-11-17(21-13-20-16)23-8-6-22(2)7-9-23/h3-5,10-11,13H,6-9,12H2,1-2H3,(H,19,24). The molecule has 6 heteroatoms. The summed E-state index contributed by atoms with van der Waals surface area (Å²) in [5, 5.41) is 2.92. The second-order valence-corrected chi connectivity index (χ2v) is 6.22. The van der Waals surface area contributed by atoms with Gasteiger partial charge in [-0.2, -0.15) is 0 Å². The van der Waals surface area contributed by atoms with E-state index in [1.807, 2.05) is 25.1 Å². The van der Waals surface area contributed by atoms with Gasteiger partial charge in [0.05, 0.1) is 0 Å². The third-order valence-electron chi connectivity index (χ3n) is 4.25. The Kier molecular flexibility index (Phi) is 5.05. The van der Waals surface area contributed by atoms with Gasteiger partial charge in [0.25, 0.3) is 5.91 Å². The van der Waals surface area contributed by atoms with Crippen molar-refractivity contribution < 1.29 is 4.79 Å². The molecule has 1 N–H and O–H groups in total. The van der Waals surface area contributed by atoms with Crippen molar-refractivity contribution >= 4 is 11.7 Å². The van der Waals surface area contributed by atoms with E-state index in [1.54, 1.807) is 6.07 Å². The zero-order valence-corrected chi connectivity index (χ0v) is 14.2. The van der Waals surface area contributed by atoms with Gasteiger partial charge in [-0.1, -0.05) is 29.8 Å². The van der Waals surface area contributed by atoms with Crippen LogP contribution in [0.25, 0.3) is 0 Å². The average Bonchev–Trinajstić information content (AvgIpc) is 2.60. The van der Waals surface area contributed by atoms with Crippen molar-refractivity contribution in [2.45, 2.75) is 13.5 Å². The summed E-state index contributed by atoms with van der Waals surface area (Å²) in [6.07, 6.45) is 1.47. The van der Waals surface area contributed by atoms with E-state index in [0.29, 0.717) is 12.2 Å². The summed E-state index contributed by atoms with van der Waals surface area (Å²) in [6, 6.07) is 9.88. The number of rotatable bonds is 4. The number of nitrogens with zero attached hydrogens (tertiary/aromatic N) is 4. The van der Waals surface area contributed by atoms with Crippen molar-refractivity contribution in [1.82, 2.24) is 20.2 Å². The Morgan fingerprint density at radius 3 is 2.71 bits per heavy atom. The highest BCUT2D eigenvalue weighted by atomic mass is 16.1. The molecule has 1 aromatic carbocycles. The molecule has 24 heavy (non-hydrogen) atoms. The SMILES string of the molecule is Cc1cccc(CNC(=O)c2cc(N3CCN(C)CC3)ncn2)c1. The fourth-order valence-corrected chi connectivity index (χ4v) is 2.77. The van der Waals surface area contributed by atoms with Gasteiger partial charge in [-0.25, -0.2) is 9.97 Å². The third kappa shape index (κ3) is 4.08. The van der Waals surface area contributed by atoms with Crippen LogP contribution in [-0.4, -0.2) is 54.0 Å².